The van der Waals surface area contributed by atoms with E-state index in [-0.39, 0.29) is 11.6 Å². The zero-order chi connectivity index (χ0) is 8.48. The smallest absolute Gasteiger partial charge is 0.137 e. The average Bonchev–Trinajstić information content (AvgIpc) is 1.95. The molecule has 1 saturated heterocycles. The summed E-state index contributed by atoms with van der Waals surface area (Å²) >= 11 is 0. The molecular weight excluding hydrogens is 138 g/mol. The van der Waals surface area contributed by atoms with E-state index in [0.29, 0.717) is 0 Å². The highest BCUT2D eigenvalue weighted by atomic mass is 16.1. The van der Waals surface area contributed by atoms with Crippen LogP contribution in [0.25, 0.3) is 0 Å². The second kappa shape index (κ2) is 2.94. The third kappa shape index (κ3) is 1.62. The van der Waals surface area contributed by atoms with Crippen LogP contribution in [0.5, 0.6) is 0 Å². The van der Waals surface area contributed by atoms with Crippen LogP contribution in [0.1, 0.15) is 33.1 Å². The van der Waals surface area contributed by atoms with Crippen LogP contribution in [0.15, 0.2) is 0 Å². The molecular formula is C9H17NO. The standard InChI is InChI=1S/C9H17NO/c1-9(2)6-4-5-8(7-11)10(9)3/h7-8H,4-6H2,1-3H3. The van der Waals surface area contributed by atoms with Crippen LogP contribution in [0.2, 0.25) is 0 Å². The maximum atomic E-state index is 10.6. The molecule has 0 aliphatic carbocycles. The number of hydrogen-bond donors (Lipinski definition) is 0. The molecule has 2 heteroatoms. The molecule has 0 N–H and O–H groups in total. The highest BCUT2D eigenvalue weighted by Crippen LogP contribution is 2.28. The maximum Gasteiger partial charge on any atom is 0.137 e. The summed E-state index contributed by atoms with van der Waals surface area (Å²) in [7, 11) is 2.04. The molecule has 0 saturated carbocycles. The van der Waals surface area contributed by atoms with Crippen molar-refractivity contribution in [3.05, 3.63) is 0 Å². The molecule has 0 amide bonds. The summed E-state index contributed by atoms with van der Waals surface area (Å²) in [5, 5.41) is 0. The first-order valence-electron chi connectivity index (χ1n) is 4.26. The van der Waals surface area contributed by atoms with E-state index in [0.717, 1.165) is 12.7 Å². The van der Waals surface area contributed by atoms with Crippen molar-refractivity contribution in [2.75, 3.05) is 7.05 Å². The predicted octanol–water partition coefficient (Wildman–Crippen LogP) is 1.45. The molecule has 2 nitrogen and oxygen atoms in total. The van der Waals surface area contributed by atoms with E-state index in [4.69, 9.17) is 0 Å². The van der Waals surface area contributed by atoms with Crippen LogP contribution < -0.4 is 0 Å². The van der Waals surface area contributed by atoms with Gasteiger partial charge in [-0.1, -0.05) is 0 Å². The molecule has 1 atom stereocenters. The minimum Gasteiger partial charge on any atom is -0.302 e. The Morgan fingerprint density at radius 3 is 2.64 bits per heavy atom. The molecule has 0 aromatic carbocycles. The van der Waals surface area contributed by atoms with Gasteiger partial charge in [-0.25, -0.2) is 0 Å². The lowest BCUT2D eigenvalue weighted by atomic mass is 9.87. The molecule has 0 aromatic heterocycles. The van der Waals surface area contributed by atoms with Crippen LogP contribution in [0.4, 0.5) is 0 Å². The van der Waals surface area contributed by atoms with Gasteiger partial charge in [0.1, 0.15) is 6.29 Å². The fraction of sp³-hybridized carbons (Fsp3) is 0.889. The summed E-state index contributed by atoms with van der Waals surface area (Å²) in [6.07, 6.45) is 4.49. The van der Waals surface area contributed by atoms with E-state index < -0.39 is 0 Å². The topological polar surface area (TPSA) is 20.3 Å². The molecule has 1 aliphatic rings. The van der Waals surface area contributed by atoms with Gasteiger partial charge >= 0.3 is 0 Å². The van der Waals surface area contributed by atoms with Crippen molar-refractivity contribution in [3.63, 3.8) is 0 Å². The van der Waals surface area contributed by atoms with E-state index in [9.17, 15) is 4.79 Å². The summed E-state index contributed by atoms with van der Waals surface area (Å²) in [4.78, 5) is 12.8. The molecule has 0 spiro atoms. The monoisotopic (exact) mass is 155 g/mol. The highest BCUT2D eigenvalue weighted by Gasteiger charge is 2.32. The van der Waals surface area contributed by atoms with Gasteiger partial charge in [0.15, 0.2) is 0 Å². The van der Waals surface area contributed by atoms with Gasteiger partial charge < -0.3 is 4.79 Å². The first kappa shape index (κ1) is 8.72. The summed E-state index contributed by atoms with van der Waals surface area (Å²) < 4.78 is 0. The quantitative estimate of drug-likeness (QED) is 0.534. The Balaban J connectivity index is 2.67. The number of carbonyl (C=O) groups is 1. The van der Waals surface area contributed by atoms with Crippen molar-refractivity contribution in [2.45, 2.75) is 44.7 Å². The SMILES string of the molecule is CN1C(C=O)CCCC1(C)C. The van der Waals surface area contributed by atoms with E-state index in [1.807, 2.05) is 7.05 Å². The van der Waals surface area contributed by atoms with Gasteiger partial charge in [0, 0.05) is 5.54 Å². The molecule has 11 heavy (non-hydrogen) atoms. The van der Waals surface area contributed by atoms with Crippen LogP contribution in [-0.4, -0.2) is 29.8 Å². The Morgan fingerprint density at radius 2 is 2.18 bits per heavy atom. The van der Waals surface area contributed by atoms with Gasteiger partial charge in [-0.05, 0) is 40.2 Å². The molecule has 1 unspecified atom stereocenters. The van der Waals surface area contributed by atoms with E-state index in [1.165, 1.54) is 12.8 Å². The van der Waals surface area contributed by atoms with Crippen molar-refractivity contribution in [2.24, 2.45) is 0 Å². The third-order valence-electron chi connectivity index (χ3n) is 2.90. The van der Waals surface area contributed by atoms with E-state index in [2.05, 4.69) is 18.7 Å². The molecule has 1 rings (SSSR count). The van der Waals surface area contributed by atoms with Gasteiger partial charge in [-0.3, -0.25) is 4.90 Å². The maximum absolute atomic E-state index is 10.6. The van der Waals surface area contributed by atoms with Crippen LogP contribution >= 0.6 is 0 Å². The number of hydrogen-bond acceptors (Lipinski definition) is 2. The second-order valence-corrected chi connectivity index (χ2v) is 4.02. The Bertz CT molecular complexity index is 154. The van der Waals surface area contributed by atoms with Crippen molar-refractivity contribution in [1.82, 2.24) is 4.90 Å². The number of carbonyl (C=O) groups excluding carboxylic acids is 1. The third-order valence-corrected chi connectivity index (χ3v) is 2.90. The van der Waals surface area contributed by atoms with Gasteiger partial charge in [0.2, 0.25) is 0 Å². The largest absolute Gasteiger partial charge is 0.302 e. The zero-order valence-corrected chi connectivity index (χ0v) is 7.63. The number of nitrogens with zero attached hydrogens (tertiary/aromatic N) is 1. The normalized spacial score (nSPS) is 31.7. The molecule has 0 aromatic rings. The van der Waals surface area contributed by atoms with Crippen molar-refractivity contribution >= 4 is 6.29 Å². The number of likely N-dealkylation sites (tertiary alicyclic amines) is 1. The molecule has 0 radical (unpaired) electrons. The van der Waals surface area contributed by atoms with E-state index >= 15 is 0 Å². The van der Waals surface area contributed by atoms with Gasteiger partial charge in [0.05, 0.1) is 6.04 Å². The van der Waals surface area contributed by atoms with Crippen molar-refractivity contribution in [1.29, 1.82) is 0 Å². The number of aldehydes is 1. The lowest BCUT2D eigenvalue weighted by Gasteiger charge is -2.43. The molecule has 1 aliphatic heterocycles. The first-order chi connectivity index (χ1) is 5.08. The summed E-state index contributed by atoms with van der Waals surface area (Å²) in [5.74, 6) is 0. The van der Waals surface area contributed by atoms with Crippen LogP contribution in [-0.2, 0) is 4.79 Å². The van der Waals surface area contributed by atoms with E-state index in [1.54, 1.807) is 0 Å². The Kier molecular flexibility index (Phi) is 2.33. The minimum atomic E-state index is 0.152. The second-order valence-electron chi connectivity index (χ2n) is 4.02. The highest BCUT2D eigenvalue weighted by molar-refractivity contribution is 5.57. The minimum absolute atomic E-state index is 0.152. The fourth-order valence-corrected chi connectivity index (χ4v) is 1.72. The summed E-state index contributed by atoms with van der Waals surface area (Å²) in [6, 6.07) is 0.152. The van der Waals surface area contributed by atoms with Gasteiger partial charge in [0.25, 0.3) is 0 Å². The Labute approximate surface area is 68.6 Å². The average molecular weight is 155 g/mol. The number of rotatable bonds is 1. The predicted molar refractivity (Wildman–Crippen MR) is 45.5 cm³/mol. The lowest BCUT2D eigenvalue weighted by Crippen LogP contribution is -2.51. The zero-order valence-electron chi connectivity index (χ0n) is 7.63. The Morgan fingerprint density at radius 1 is 1.55 bits per heavy atom. The first-order valence-corrected chi connectivity index (χ1v) is 4.26. The van der Waals surface area contributed by atoms with Crippen LogP contribution in [0.3, 0.4) is 0 Å². The number of piperidine rings is 1. The molecule has 0 bridgehead atoms. The number of likely N-dealkylation sites (N-methyl/N-ethyl adjacent to an activating group) is 1. The van der Waals surface area contributed by atoms with Crippen molar-refractivity contribution < 1.29 is 4.79 Å². The Hall–Kier alpha value is -0.370. The summed E-state index contributed by atoms with van der Waals surface area (Å²) in [5.41, 5.74) is 0.212. The molecule has 64 valence electrons. The fourth-order valence-electron chi connectivity index (χ4n) is 1.72. The van der Waals surface area contributed by atoms with Crippen molar-refractivity contribution in [3.8, 4) is 0 Å². The lowest BCUT2D eigenvalue weighted by molar-refractivity contribution is -0.115. The summed E-state index contributed by atoms with van der Waals surface area (Å²) in [6.45, 7) is 4.39. The van der Waals surface area contributed by atoms with Crippen LogP contribution in [0, 0.1) is 0 Å². The molecule has 1 fully saturated rings. The van der Waals surface area contributed by atoms with Gasteiger partial charge in [-0.15, -0.1) is 0 Å². The van der Waals surface area contributed by atoms with Gasteiger partial charge in [-0.2, -0.15) is 0 Å². The molecule has 1 heterocycles.